The van der Waals surface area contributed by atoms with Gasteiger partial charge >= 0.3 is 12.0 Å². The zero-order chi connectivity index (χ0) is 20.4. The van der Waals surface area contributed by atoms with Gasteiger partial charge in [0, 0.05) is 37.1 Å². The number of carbonyl (C=O) groups is 2. The molecule has 2 saturated heterocycles. The molecular formula is C22H31N3O3S. The Hall–Kier alpha value is -1.89. The zero-order valence-corrected chi connectivity index (χ0v) is 18.1. The molecule has 6 nitrogen and oxygen atoms in total. The summed E-state index contributed by atoms with van der Waals surface area (Å²) in [6.07, 6.45) is 3.21. The van der Waals surface area contributed by atoms with E-state index in [-0.39, 0.29) is 29.4 Å². The molecule has 1 N–H and O–H groups in total. The van der Waals surface area contributed by atoms with Gasteiger partial charge in [0.2, 0.25) is 0 Å². The molecule has 0 bridgehead atoms. The Kier molecular flexibility index (Phi) is 6.23. The molecule has 158 valence electrons. The molecule has 3 fully saturated rings. The molecule has 4 rings (SSSR count). The quantitative estimate of drug-likeness (QED) is 0.762. The fourth-order valence-electron chi connectivity index (χ4n) is 4.78. The molecule has 0 radical (unpaired) electrons. The summed E-state index contributed by atoms with van der Waals surface area (Å²) in [5.74, 6) is -0.0583. The molecule has 4 unspecified atom stereocenters. The van der Waals surface area contributed by atoms with Crippen molar-refractivity contribution in [2.75, 3.05) is 31.1 Å². The van der Waals surface area contributed by atoms with E-state index >= 15 is 0 Å². The number of fused-ring (bicyclic) bond motifs is 1. The second kappa shape index (κ2) is 8.86. The van der Waals surface area contributed by atoms with Crippen LogP contribution in [0.4, 0.5) is 10.5 Å². The number of amides is 2. The minimum atomic E-state index is -0.232. The van der Waals surface area contributed by atoms with Crippen molar-refractivity contribution in [1.82, 2.24) is 10.2 Å². The average molecular weight is 418 g/mol. The van der Waals surface area contributed by atoms with E-state index in [0.717, 1.165) is 32.4 Å². The highest BCUT2D eigenvalue weighted by Crippen LogP contribution is 2.51. The molecule has 0 aromatic heterocycles. The lowest BCUT2D eigenvalue weighted by Crippen LogP contribution is -2.54. The van der Waals surface area contributed by atoms with Gasteiger partial charge in [0.05, 0.1) is 17.4 Å². The van der Waals surface area contributed by atoms with Gasteiger partial charge in [-0.25, -0.2) is 4.79 Å². The lowest BCUT2D eigenvalue weighted by molar-refractivity contribution is -0.154. The molecule has 3 aliphatic rings. The number of hydrogen-bond donors (Lipinski definition) is 1. The van der Waals surface area contributed by atoms with E-state index in [9.17, 15) is 9.59 Å². The van der Waals surface area contributed by atoms with Crippen molar-refractivity contribution in [3.8, 4) is 0 Å². The largest absolute Gasteiger partial charge is 0.463 e. The van der Waals surface area contributed by atoms with Crippen LogP contribution in [0.1, 0.15) is 33.1 Å². The number of nitrogens with one attached hydrogen (secondary N) is 1. The van der Waals surface area contributed by atoms with Crippen molar-refractivity contribution in [2.45, 2.75) is 49.8 Å². The molecule has 0 spiro atoms. The third-order valence-electron chi connectivity index (χ3n) is 6.19. The summed E-state index contributed by atoms with van der Waals surface area (Å²) in [6, 6.07) is 10.3. The zero-order valence-electron chi connectivity index (χ0n) is 17.3. The Labute approximate surface area is 177 Å². The van der Waals surface area contributed by atoms with E-state index in [1.807, 2.05) is 36.9 Å². The second-order valence-corrected chi connectivity index (χ2v) is 9.85. The van der Waals surface area contributed by atoms with Gasteiger partial charge in [-0.15, -0.1) is 11.8 Å². The number of ether oxygens (including phenoxy) is 1. The predicted octanol–water partition coefficient (Wildman–Crippen LogP) is 3.33. The van der Waals surface area contributed by atoms with Crippen molar-refractivity contribution in [2.24, 2.45) is 11.8 Å². The van der Waals surface area contributed by atoms with Crippen LogP contribution in [0.5, 0.6) is 0 Å². The first-order valence-corrected chi connectivity index (χ1v) is 11.7. The summed E-state index contributed by atoms with van der Waals surface area (Å²) < 4.78 is 5.54. The van der Waals surface area contributed by atoms with Gasteiger partial charge in [0.25, 0.3) is 0 Å². The summed E-state index contributed by atoms with van der Waals surface area (Å²) in [6.45, 7) is 6.77. The third-order valence-corrected chi connectivity index (χ3v) is 7.83. The summed E-state index contributed by atoms with van der Waals surface area (Å²) in [5, 5.41) is 3.44. The molecule has 7 heteroatoms. The van der Waals surface area contributed by atoms with Crippen molar-refractivity contribution in [3.05, 3.63) is 30.3 Å². The Bertz CT molecular complexity index is 721. The van der Waals surface area contributed by atoms with Crippen LogP contribution in [-0.2, 0) is 9.53 Å². The Balaban J connectivity index is 1.35. The van der Waals surface area contributed by atoms with Gasteiger partial charge in [0.15, 0.2) is 0 Å². The van der Waals surface area contributed by atoms with E-state index in [2.05, 4.69) is 22.3 Å². The number of anilines is 1. The molecular weight excluding hydrogens is 386 g/mol. The summed E-state index contributed by atoms with van der Waals surface area (Å²) in [5.41, 5.74) is 1.20. The SMILES string of the molecule is CC(C)OC(=O)C1C(NC(=O)N2CCN(c3ccccc3)CC2)SC2CCCC21. The first kappa shape index (κ1) is 20.4. The van der Waals surface area contributed by atoms with Crippen LogP contribution in [0.25, 0.3) is 0 Å². The van der Waals surface area contributed by atoms with Crippen molar-refractivity contribution < 1.29 is 14.3 Å². The maximum Gasteiger partial charge on any atom is 0.318 e. The van der Waals surface area contributed by atoms with E-state index in [4.69, 9.17) is 4.74 Å². The van der Waals surface area contributed by atoms with Gasteiger partial charge in [-0.2, -0.15) is 0 Å². The van der Waals surface area contributed by atoms with Gasteiger partial charge < -0.3 is 19.9 Å². The van der Waals surface area contributed by atoms with Crippen molar-refractivity contribution in [1.29, 1.82) is 0 Å². The number of esters is 1. The summed E-state index contributed by atoms with van der Waals surface area (Å²) >= 11 is 1.76. The molecule has 1 aromatic carbocycles. The topological polar surface area (TPSA) is 61.9 Å². The number of hydrogen-bond acceptors (Lipinski definition) is 5. The van der Waals surface area contributed by atoms with Crippen LogP contribution in [0, 0.1) is 11.8 Å². The Morgan fingerprint density at radius 2 is 1.83 bits per heavy atom. The summed E-state index contributed by atoms with van der Waals surface area (Å²) in [7, 11) is 0. The molecule has 2 heterocycles. The number of carbonyl (C=O) groups excluding carboxylic acids is 2. The molecule has 1 saturated carbocycles. The molecule has 1 aromatic rings. The minimum absolute atomic E-state index is 0.0578. The smallest absolute Gasteiger partial charge is 0.318 e. The summed E-state index contributed by atoms with van der Waals surface area (Å²) in [4.78, 5) is 29.9. The second-order valence-electron chi connectivity index (χ2n) is 8.46. The van der Waals surface area contributed by atoms with Crippen LogP contribution in [-0.4, -0.2) is 59.8 Å². The number of rotatable bonds is 4. The normalized spacial score (nSPS) is 29.1. The third kappa shape index (κ3) is 4.49. The van der Waals surface area contributed by atoms with Crippen LogP contribution in [0.2, 0.25) is 0 Å². The van der Waals surface area contributed by atoms with Gasteiger partial charge in [0.1, 0.15) is 0 Å². The maximum absolute atomic E-state index is 12.9. The number of thioether (sulfide) groups is 1. The first-order valence-electron chi connectivity index (χ1n) is 10.7. The number of nitrogens with zero attached hydrogens (tertiary/aromatic N) is 2. The van der Waals surface area contributed by atoms with Crippen molar-refractivity contribution in [3.63, 3.8) is 0 Å². The van der Waals surface area contributed by atoms with Crippen LogP contribution in [0.15, 0.2) is 30.3 Å². The van der Waals surface area contributed by atoms with E-state index in [1.165, 1.54) is 5.69 Å². The lowest BCUT2D eigenvalue weighted by Gasteiger charge is -2.37. The van der Waals surface area contributed by atoms with Crippen LogP contribution in [0.3, 0.4) is 0 Å². The monoisotopic (exact) mass is 417 g/mol. The number of para-hydroxylation sites is 1. The van der Waals surface area contributed by atoms with E-state index < -0.39 is 0 Å². The fraction of sp³-hybridized carbons (Fsp3) is 0.636. The molecule has 4 atom stereocenters. The number of piperazine rings is 1. The molecule has 2 aliphatic heterocycles. The highest BCUT2D eigenvalue weighted by Gasteiger charge is 2.51. The maximum atomic E-state index is 12.9. The van der Waals surface area contributed by atoms with E-state index in [1.54, 1.807) is 11.8 Å². The Morgan fingerprint density at radius 3 is 2.52 bits per heavy atom. The van der Waals surface area contributed by atoms with Gasteiger partial charge in [-0.3, -0.25) is 4.79 Å². The number of urea groups is 1. The highest BCUT2D eigenvalue weighted by molar-refractivity contribution is 8.00. The average Bonchev–Trinajstić information content (AvgIpc) is 3.29. The van der Waals surface area contributed by atoms with Gasteiger partial charge in [-0.1, -0.05) is 24.6 Å². The van der Waals surface area contributed by atoms with Crippen LogP contribution < -0.4 is 10.2 Å². The number of benzene rings is 1. The lowest BCUT2D eigenvalue weighted by atomic mass is 9.90. The highest BCUT2D eigenvalue weighted by atomic mass is 32.2. The van der Waals surface area contributed by atoms with E-state index in [0.29, 0.717) is 24.3 Å². The first-order chi connectivity index (χ1) is 14.0. The Morgan fingerprint density at radius 1 is 1.10 bits per heavy atom. The molecule has 29 heavy (non-hydrogen) atoms. The molecule has 2 amide bonds. The van der Waals surface area contributed by atoms with Gasteiger partial charge in [-0.05, 0) is 44.7 Å². The molecule has 1 aliphatic carbocycles. The fourth-order valence-corrected chi connectivity index (χ4v) is 6.62. The van der Waals surface area contributed by atoms with Crippen molar-refractivity contribution >= 4 is 29.4 Å². The standard InChI is InChI=1S/C22H31N3O3S/c1-15(2)28-21(26)19-17-9-6-10-18(17)29-20(19)23-22(27)25-13-11-24(12-14-25)16-7-4-3-5-8-16/h3-5,7-8,15,17-20H,6,9-14H2,1-2H3,(H,23,27). The predicted molar refractivity (Wildman–Crippen MR) is 116 cm³/mol. The minimum Gasteiger partial charge on any atom is -0.463 e. The van der Waals surface area contributed by atoms with Crippen LogP contribution >= 0.6 is 11.8 Å².